The first-order valence-electron chi connectivity index (χ1n) is 10.5. The third-order valence-electron chi connectivity index (χ3n) is 5.35. The standard InChI is InChI=1S/C23H21N5O4/c1-2-31-14-19-26-18-13-25-17-9-5-10-24-20(17)21(18)27(19)11-6-12-32-28-22(29)15-7-3-4-8-16(15)23(28)30/h3-5,7-10,13H,2,6,11-12,14H2,1H3. The summed E-state index contributed by atoms with van der Waals surface area (Å²) in [6.45, 7) is 3.61. The van der Waals surface area contributed by atoms with Crippen molar-refractivity contribution >= 4 is 33.9 Å². The number of carbonyl (C=O) groups excluding carboxylic acids is 2. The van der Waals surface area contributed by atoms with Gasteiger partial charge < -0.3 is 9.30 Å². The van der Waals surface area contributed by atoms with Gasteiger partial charge in [0.05, 0.1) is 35.0 Å². The molecule has 4 heterocycles. The molecule has 162 valence electrons. The molecule has 1 aliphatic heterocycles. The zero-order valence-corrected chi connectivity index (χ0v) is 17.5. The number of nitrogens with zero attached hydrogens (tertiary/aromatic N) is 5. The van der Waals surface area contributed by atoms with Crippen molar-refractivity contribution in [2.45, 2.75) is 26.5 Å². The van der Waals surface area contributed by atoms with E-state index in [0.717, 1.165) is 33.0 Å². The van der Waals surface area contributed by atoms with Gasteiger partial charge in [-0.05, 0) is 37.6 Å². The Labute approximate surface area is 183 Å². The van der Waals surface area contributed by atoms with Gasteiger partial charge in [-0.25, -0.2) is 4.98 Å². The highest BCUT2D eigenvalue weighted by Crippen LogP contribution is 2.25. The predicted octanol–water partition coefficient (Wildman–Crippen LogP) is 3.13. The van der Waals surface area contributed by atoms with Crippen LogP contribution in [0.3, 0.4) is 0 Å². The second kappa shape index (κ2) is 8.45. The lowest BCUT2D eigenvalue weighted by molar-refractivity contribution is -0.0925. The lowest BCUT2D eigenvalue weighted by Crippen LogP contribution is -2.30. The van der Waals surface area contributed by atoms with Crippen LogP contribution in [0.5, 0.6) is 0 Å². The summed E-state index contributed by atoms with van der Waals surface area (Å²) in [7, 11) is 0. The van der Waals surface area contributed by atoms with Crippen molar-refractivity contribution in [3.8, 4) is 0 Å². The zero-order valence-electron chi connectivity index (χ0n) is 17.5. The summed E-state index contributed by atoms with van der Waals surface area (Å²) >= 11 is 0. The third kappa shape index (κ3) is 3.41. The molecule has 3 aromatic heterocycles. The average Bonchev–Trinajstić information content (AvgIpc) is 3.30. The van der Waals surface area contributed by atoms with Crippen molar-refractivity contribution in [1.29, 1.82) is 0 Å². The molecule has 0 atom stereocenters. The Hall–Kier alpha value is -3.69. The van der Waals surface area contributed by atoms with Crippen LogP contribution < -0.4 is 0 Å². The molecule has 0 fully saturated rings. The molecule has 0 spiro atoms. The van der Waals surface area contributed by atoms with E-state index in [-0.39, 0.29) is 6.61 Å². The molecule has 0 radical (unpaired) electrons. The van der Waals surface area contributed by atoms with Crippen LogP contribution in [0.15, 0.2) is 48.8 Å². The summed E-state index contributed by atoms with van der Waals surface area (Å²) in [5.41, 5.74) is 3.90. The van der Waals surface area contributed by atoms with Crippen molar-refractivity contribution in [3.05, 3.63) is 65.7 Å². The summed E-state index contributed by atoms with van der Waals surface area (Å²) in [5, 5.41) is 0.846. The Morgan fingerprint density at radius 1 is 0.969 bits per heavy atom. The maximum absolute atomic E-state index is 12.5. The van der Waals surface area contributed by atoms with Crippen LogP contribution >= 0.6 is 0 Å². The summed E-state index contributed by atoms with van der Waals surface area (Å²) in [4.78, 5) is 44.1. The molecule has 32 heavy (non-hydrogen) atoms. The van der Waals surface area contributed by atoms with Crippen molar-refractivity contribution in [1.82, 2.24) is 24.6 Å². The highest BCUT2D eigenvalue weighted by atomic mass is 16.7. The zero-order chi connectivity index (χ0) is 22.1. The Morgan fingerprint density at radius 2 is 1.75 bits per heavy atom. The van der Waals surface area contributed by atoms with Gasteiger partial charge in [-0.2, -0.15) is 0 Å². The molecule has 0 saturated heterocycles. The number of fused-ring (bicyclic) bond motifs is 4. The van der Waals surface area contributed by atoms with Gasteiger partial charge in [0.15, 0.2) is 0 Å². The van der Waals surface area contributed by atoms with Crippen molar-refractivity contribution in [2.24, 2.45) is 0 Å². The molecule has 9 nitrogen and oxygen atoms in total. The van der Waals surface area contributed by atoms with Gasteiger partial charge in [-0.15, -0.1) is 5.06 Å². The van der Waals surface area contributed by atoms with Crippen LogP contribution in [0.1, 0.15) is 39.9 Å². The SMILES string of the molecule is CCOCc1nc2cnc3cccnc3c2n1CCCON1C(=O)c2ccccc2C1=O. The van der Waals surface area contributed by atoms with E-state index in [4.69, 9.17) is 9.57 Å². The molecular formula is C23H21N5O4. The number of imidazole rings is 1. The van der Waals surface area contributed by atoms with Crippen molar-refractivity contribution in [3.63, 3.8) is 0 Å². The monoisotopic (exact) mass is 431 g/mol. The van der Waals surface area contributed by atoms with Gasteiger partial charge in [-0.3, -0.25) is 24.4 Å². The Morgan fingerprint density at radius 3 is 2.50 bits per heavy atom. The number of pyridine rings is 2. The first-order chi connectivity index (χ1) is 15.7. The number of hydrogen-bond acceptors (Lipinski definition) is 7. The first kappa shape index (κ1) is 20.2. The molecule has 4 aromatic rings. The van der Waals surface area contributed by atoms with Crippen LogP contribution in [0.2, 0.25) is 0 Å². The number of hydrogen-bond donors (Lipinski definition) is 0. The van der Waals surface area contributed by atoms with E-state index < -0.39 is 11.8 Å². The predicted molar refractivity (Wildman–Crippen MR) is 116 cm³/mol. The number of hydroxylamine groups is 2. The van der Waals surface area contributed by atoms with Gasteiger partial charge in [0, 0.05) is 19.3 Å². The molecule has 0 saturated carbocycles. The Kier molecular flexibility index (Phi) is 5.34. The van der Waals surface area contributed by atoms with Gasteiger partial charge in [0.1, 0.15) is 23.5 Å². The van der Waals surface area contributed by atoms with E-state index in [2.05, 4.69) is 15.0 Å². The number of benzene rings is 1. The number of imide groups is 1. The maximum Gasteiger partial charge on any atom is 0.285 e. The summed E-state index contributed by atoms with van der Waals surface area (Å²) in [6, 6.07) is 10.5. The summed E-state index contributed by atoms with van der Waals surface area (Å²) in [5.74, 6) is -0.100. The molecule has 0 aliphatic carbocycles. The lowest BCUT2D eigenvalue weighted by atomic mass is 10.1. The van der Waals surface area contributed by atoms with E-state index in [0.29, 0.717) is 37.3 Å². The number of aromatic nitrogens is 4. The van der Waals surface area contributed by atoms with Crippen molar-refractivity contribution in [2.75, 3.05) is 13.2 Å². The second-order valence-electron chi connectivity index (χ2n) is 7.32. The molecule has 1 aromatic carbocycles. The topological polar surface area (TPSA) is 99.4 Å². The molecule has 2 amide bonds. The average molecular weight is 431 g/mol. The maximum atomic E-state index is 12.5. The normalized spacial score (nSPS) is 13.5. The molecular weight excluding hydrogens is 410 g/mol. The number of amides is 2. The highest BCUT2D eigenvalue weighted by molar-refractivity contribution is 6.20. The molecule has 0 bridgehead atoms. The minimum Gasteiger partial charge on any atom is -0.374 e. The fourth-order valence-corrected chi connectivity index (χ4v) is 3.88. The first-order valence-corrected chi connectivity index (χ1v) is 10.5. The Balaban J connectivity index is 1.35. The number of carbonyl (C=O) groups is 2. The fraction of sp³-hybridized carbons (Fsp3) is 0.261. The third-order valence-corrected chi connectivity index (χ3v) is 5.35. The fourth-order valence-electron chi connectivity index (χ4n) is 3.88. The molecule has 0 unspecified atom stereocenters. The molecule has 9 heteroatoms. The lowest BCUT2D eigenvalue weighted by Gasteiger charge is -2.14. The van der Waals surface area contributed by atoms with E-state index in [1.165, 1.54) is 0 Å². The van der Waals surface area contributed by atoms with Crippen LogP contribution in [-0.4, -0.2) is 49.6 Å². The van der Waals surface area contributed by atoms with E-state index >= 15 is 0 Å². The second-order valence-corrected chi connectivity index (χ2v) is 7.32. The number of aryl methyl sites for hydroxylation is 1. The Bertz CT molecular complexity index is 1300. The highest BCUT2D eigenvalue weighted by Gasteiger charge is 2.36. The molecule has 0 N–H and O–H groups in total. The van der Waals surface area contributed by atoms with Crippen LogP contribution in [0.25, 0.3) is 22.1 Å². The largest absolute Gasteiger partial charge is 0.374 e. The number of rotatable bonds is 8. The smallest absolute Gasteiger partial charge is 0.285 e. The molecule has 5 rings (SSSR count). The summed E-state index contributed by atoms with van der Waals surface area (Å²) in [6.07, 6.45) is 4.02. The van der Waals surface area contributed by atoms with Gasteiger partial charge in [-0.1, -0.05) is 12.1 Å². The number of ether oxygens (including phenoxy) is 1. The summed E-state index contributed by atoms with van der Waals surface area (Å²) < 4.78 is 7.65. The van der Waals surface area contributed by atoms with E-state index in [1.54, 1.807) is 36.7 Å². The quantitative estimate of drug-likeness (QED) is 0.312. The van der Waals surface area contributed by atoms with Gasteiger partial charge in [0.2, 0.25) is 0 Å². The minimum atomic E-state index is -0.433. The van der Waals surface area contributed by atoms with Crippen molar-refractivity contribution < 1.29 is 19.2 Å². The minimum absolute atomic E-state index is 0.190. The van der Waals surface area contributed by atoms with E-state index in [1.807, 2.05) is 23.6 Å². The van der Waals surface area contributed by atoms with Gasteiger partial charge in [0.25, 0.3) is 11.8 Å². The van der Waals surface area contributed by atoms with Crippen LogP contribution in [0.4, 0.5) is 0 Å². The molecule has 1 aliphatic rings. The van der Waals surface area contributed by atoms with E-state index in [9.17, 15) is 9.59 Å². The van der Waals surface area contributed by atoms with Crippen LogP contribution in [0, 0.1) is 0 Å². The van der Waals surface area contributed by atoms with Gasteiger partial charge >= 0.3 is 0 Å². The van der Waals surface area contributed by atoms with Crippen LogP contribution in [-0.2, 0) is 22.7 Å².